The van der Waals surface area contributed by atoms with Crippen molar-refractivity contribution in [3.63, 3.8) is 0 Å². The number of hydrogen-bond donors (Lipinski definition) is 3. The van der Waals surface area contributed by atoms with Crippen LogP contribution in [0, 0.1) is 0 Å². The number of amides is 2. The summed E-state index contributed by atoms with van der Waals surface area (Å²) in [6, 6.07) is 5.83. The number of fused-ring (bicyclic) bond motifs is 1. The summed E-state index contributed by atoms with van der Waals surface area (Å²) in [5.74, 6) is -0.364. The molecule has 1 aliphatic carbocycles. The Kier molecular flexibility index (Phi) is 5.82. The molecule has 0 aromatic heterocycles. The zero-order valence-corrected chi connectivity index (χ0v) is 12.3. The average Bonchev–Trinajstić information content (AvgIpc) is 2.36. The molecule has 1 unspecified atom stereocenters. The molecule has 0 bridgehead atoms. The molecule has 0 saturated carbocycles. The SMILES string of the molecule is CC(=O)NCC(=O)NC1CCCc2cc(N)ccc21.Cl. The number of nitrogens with one attached hydrogen (secondary N) is 2. The highest BCUT2D eigenvalue weighted by Crippen LogP contribution is 2.30. The van der Waals surface area contributed by atoms with Crippen LogP contribution in [0.3, 0.4) is 0 Å². The molecule has 4 N–H and O–H groups in total. The number of carbonyl (C=O) groups excluding carboxylic acids is 2. The number of benzene rings is 1. The first-order chi connectivity index (χ1) is 9.06. The van der Waals surface area contributed by atoms with Gasteiger partial charge in [-0.15, -0.1) is 12.4 Å². The van der Waals surface area contributed by atoms with Crippen molar-refractivity contribution < 1.29 is 9.59 Å². The first kappa shape index (κ1) is 16.3. The van der Waals surface area contributed by atoms with Gasteiger partial charge in [-0.25, -0.2) is 0 Å². The third-order valence-corrected chi connectivity index (χ3v) is 3.31. The molecule has 0 spiro atoms. The second-order valence-electron chi connectivity index (χ2n) is 4.88. The van der Waals surface area contributed by atoms with Crippen molar-refractivity contribution in [2.75, 3.05) is 12.3 Å². The highest BCUT2D eigenvalue weighted by molar-refractivity contribution is 5.85. The first-order valence-electron chi connectivity index (χ1n) is 6.48. The van der Waals surface area contributed by atoms with Crippen molar-refractivity contribution in [1.82, 2.24) is 10.6 Å². The number of anilines is 1. The Morgan fingerprint density at radius 3 is 2.85 bits per heavy atom. The van der Waals surface area contributed by atoms with E-state index in [1.807, 2.05) is 18.2 Å². The van der Waals surface area contributed by atoms with Crippen LogP contribution < -0.4 is 16.4 Å². The van der Waals surface area contributed by atoms with Gasteiger partial charge in [-0.3, -0.25) is 9.59 Å². The molecule has 0 saturated heterocycles. The third kappa shape index (κ3) is 4.13. The molecule has 0 heterocycles. The molecule has 2 rings (SSSR count). The third-order valence-electron chi connectivity index (χ3n) is 3.31. The molecule has 0 aliphatic heterocycles. The molecule has 1 aromatic rings. The highest BCUT2D eigenvalue weighted by Gasteiger charge is 2.21. The van der Waals surface area contributed by atoms with Crippen molar-refractivity contribution in [2.45, 2.75) is 32.2 Å². The Balaban J connectivity index is 0.00000200. The van der Waals surface area contributed by atoms with Gasteiger partial charge in [-0.05, 0) is 42.5 Å². The fourth-order valence-corrected chi connectivity index (χ4v) is 2.43. The Labute approximate surface area is 124 Å². The van der Waals surface area contributed by atoms with Crippen LogP contribution >= 0.6 is 12.4 Å². The van der Waals surface area contributed by atoms with E-state index in [0.717, 1.165) is 30.5 Å². The number of nitrogen functional groups attached to an aromatic ring is 1. The van der Waals surface area contributed by atoms with Crippen molar-refractivity contribution in [3.05, 3.63) is 29.3 Å². The molecular formula is C14H20ClN3O2. The predicted molar refractivity (Wildman–Crippen MR) is 80.6 cm³/mol. The van der Waals surface area contributed by atoms with Gasteiger partial charge >= 0.3 is 0 Å². The van der Waals surface area contributed by atoms with Crippen LogP contribution in [0.5, 0.6) is 0 Å². The second kappa shape index (κ2) is 7.14. The van der Waals surface area contributed by atoms with Crippen LogP contribution in [0.1, 0.15) is 36.9 Å². The Bertz CT molecular complexity index is 505. The summed E-state index contributed by atoms with van der Waals surface area (Å²) in [6.45, 7) is 1.42. The molecule has 20 heavy (non-hydrogen) atoms. The van der Waals surface area contributed by atoms with Crippen molar-refractivity contribution in [1.29, 1.82) is 0 Å². The Morgan fingerprint density at radius 2 is 2.15 bits per heavy atom. The largest absolute Gasteiger partial charge is 0.399 e. The van der Waals surface area contributed by atoms with E-state index in [2.05, 4.69) is 10.6 Å². The number of rotatable bonds is 3. The average molecular weight is 298 g/mol. The number of aryl methyl sites for hydroxylation is 1. The maximum absolute atomic E-state index is 11.7. The van der Waals surface area contributed by atoms with Crippen LogP contribution in [0.2, 0.25) is 0 Å². The van der Waals surface area contributed by atoms with Crippen molar-refractivity contribution >= 4 is 29.9 Å². The summed E-state index contributed by atoms with van der Waals surface area (Å²) < 4.78 is 0. The van der Waals surface area contributed by atoms with Gasteiger partial charge < -0.3 is 16.4 Å². The number of hydrogen-bond acceptors (Lipinski definition) is 3. The van der Waals surface area contributed by atoms with Gasteiger partial charge in [0, 0.05) is 12.6 Å². The summed E-state index contributed by atoms with van der Waals surface area (Å²) in [5.41, 5.74) is 8.87. The normalized spacial score (nSPS) is 16.6. The quantitative estimate of drug-likeness (QED) is 0.736. The Morgan fingerprint density at radius 1 is 1.40 bits per heavy atom. The number of carbonyl (C=O) groups is 2. The lowest BCUT2D eigenvalue weighted by atomic mass is 9.87. The van der Waals surface area contributed by atoms with Crippen LogP contribution in [0.4, 0.5) is 5.69 Å². The first-order valence-corrected chi connectivity index (χ1v) is 6.48. The van der Waals surface area contributed by atoms with E-state index >= 15 is 0 Å². The summed E-state index contributed by atoms with van der Waals surface area (Å²) in [7, 11) is 0. The highest BCUT2D eigenvalue weighted by atomic mass is 35.5. The predicted octanol–water partition coefficient (Wildman–Crippen LogP) is 1.32. The standard InChI is InChI=1S/C14H19N3O2.ClH/c1-9(18)16-8-14(19)17-13-4-2-3-10-7-11(15)5-6-12(10)13;/h5-7,13H,2-4,8,15H2,1H3,(H,16,18)(H,17,19);1H. The van der Waals surface area contributed by atoms with Crippen LogP contribution in [0.15, 0.2) is 18.2 Å². The molecule has 0 radical (unpaired) electrons. The molecule has 1 aliphatic rings. The minimum absolute atomic E-state index is 0. The topological polar surface area (TPSA) is 84.2 Å². The lowest BCUT2D eigenvalue weighted by Gasteiger charge is -2.26. The zero-order valence-electron chi connectivity index (χ0n) is 11.4. The minimum Gasteiger partial charge on any atom is -0.399 e. The molecule has 110 valence electrons. The van der Waals surface area contributed by atoms with Crippen LogP contribution in [0.25, 0.3) is 0 Å². The van der Waals surface area contributed by atoms with Crippen molar-refractivity contribution in [2.24, 2.45) is 0 Å². The molecule has 0 fully saturated rings. The molecule has 6 heteroatoms. The van der Waals surface area contributed by atoms with E-state index in [4.69, 9.17) is 5.73 Å². The fourth-order valence-electron chi connectivity index (χ4n) is 2.43. The van der Waals surface area contributed by atoms with Gasteiger partial charge in [0.25, 0.3) is 0 Å². The van der Waals surface area contributed by atoms with Gasteiger partial charge in [0.1, 0.15) is 0 Å². The summed E-state index contributed by atoms with van der Waals surface area (Å²) in [5, 5.41) is 5.45. The molecule has 1 aromatic carbocycles. The maximum Gasteiger partial charge on any atom is 0.239 e. The van der Waals surface area contributed by atoms with Gasteiger partial charge in [-0.1, -0.05) is 6.07 Å². The molecule has 2 amide bonds. The van der Waals surface area contributed by atoms with Gasteiger partial charge in [0.05, 0.1) is 12.6 Å². The van der Waals surface area contributed by atoms with E-state index in [0.29, 0.717) is 0 Å². The summed E-state index contributed by atoms with van der Waals surface area (Å²) in [4.78, 5) is 22.5. The maximum atomic E-state index is 11.7. The van der Waals surface area contributed by atoms with Crippen molar-refractivity contribution in [3.8, 4) is 0 Å². The number of nitrogens with two attached hydrogens (primary N) is 1. The van der Waals surface area contributed by atoms with Crippen LogP contribution in [-0.4, -0.2) is 18.4 Å². The second-order valence-corrected chi connectivity index (χ2v) is 4.88. The van der Waals surface area contributed by atoms with Gasteiger partial charge in [0.15, 0.2) is 0 Å². The van der Waals surface area contributed by atoms with E-state index in [9.17, 15) is 9.59 Å². The van der Waals surface area contributed by atoms with Gasteiger partial charge in [0.2, 0.25) is 11.8 Å². The van der Waals surface area contributed by atoms with Gasteiger partial charge in [-0.2, -0.15) is 0 Å². The number of halogens is 1. The lowest BCUT2D eigenvalue weighted by Crippen LogP contribution is -2.38. The van der Waals surface area contributed by atoms with E-state index in [1.165, 1.54) is 12.5 Å². The zero-order chi connectivity index (χ0) is 13.8. The molecular weight excluding hydrogens is 278 g/mol. The smallest absolute Gasteiger partial charge is 0.239 e. The lowest BCUT2D eigenvalue weighted by molar-refractivity contribution is -0.125. The summed E-state index contributed by atoms with van der Waals surface area (Å²) >= 11 is 0. The van der Waals surface area contributed by atoms with E-state index in [-0.39, 0.29) is 36.8 Å². The minimum atomic E-state index is -0.202. The molecule has 5 nitrogen and oxygen atoms in total. The van der Waals surface area contributed by atoms with E-state index < -0.39 is 0 Å². The summed E-state index contributed by atoms with van der Waals surface area (Å²) in [6.07, 6.45) is 2.95. The van der Waals surface area contributed by atoms with E-state index in [1.54, 1.807) is 0 Å². The fraction of sp³-hybridized carbons (Fsp3) is 0.429. The molecule has 1 atom stereocenters. The monoisotopic (exact) mass is 297 g/mol. The Hall–Kier alpha value is -1.75. The van der Waals surface area contributed by atoms with Crippen LogP contribution in [-0.2, 0) is 16.0 Å².